The quantitative estimate of drug-likeness (QED) is 0.266. The van der Waals surface area contributed by atoms with Crippen LogP contribution >= 0.6 is 0 Å². The Kier molecular flexibility index (Phi) is 10.9. The third-order valence-electron chi connectivity index (χ3n) is 3.55. The Morgan fingerprint density at radius 1 is 0.875 bits per heavy atom. The molecule has 0 atom stereocenters. The number of Topliss-reactive ketones (excluding diaryl/α,β-unsaturated/α-hetero) is 1. The third kappa shape index (κ3) is 10.3. The fourth-order valence-corrected chi connectivity index (χ4v) is 2.31. The molecule has 0 radical (unpaired) electrons. The molecule has 0 aliphatic carbocycles. The van der Waals surface area contributed by atoms with Gasteiger partial charge in [0, 0.05) is 11.6 Å². The maximum absolute atomic E-state index is 11.4. The van der Waals surface area contributed by atoms with E-state index in [1.165, 1.54) is 6.07 Å². The Bertz CT molecular complexity index is 1090. The molecule has 168 valence electrons. The zero-order valence-corrected chi connectivity index (χ0v) is 17.4. The van der Waals surface area contributed by atoms with Crippen LogP contribution in [0.4, 0.5) is 4.79 Å². The molecule has 32 heavy (non-hydrogen) atoms. The topological polar surface area (TPSA) is 178 Å². The smallest absolute Gasteiger partial charge is 0.326 e. The zero-order chi connectivity index (χ0) is 23.9. The highest BCUT2D eigenvalue weighted by molar-refractivity contribution is 6.05. The molecule has 2 amide bonds. The third-order valence-corrected chi connectivity index (χ3v) is 3.55. The first-order chi connectivity index (χ1) is 15.2. The summed E-state index contributed by atoms with van der Waals surface area (Å²) in [5.74, 6) is -0.676. The zero-order valence-electron chi connectivity index (χ0n) is 17.4. The van der Waals surface area contributed by atoms with E-state index in [-0.39, 0.29) is 12.2 Å². The molecule has 0 spiro atoms. The van der Waals surface area contributed by atoms with Gasteiger partial charge in [0.05, 0.1) is 12.3 Å². The summed E-state index contributed by atoms with van der Waals surface area (Å²) in [6.07, 6.45) is -0.183. The summed E-state index contributed by atoms with van der Waals surface area (Å²) < 4.78 is 4.67. The van der Waals surface area contributed by atoms with E-state index in [0.717, 1.165) is 5.56 Å². The highest BCUT2D eigenvalue weighted by Gasteiger charge is 2.11. The van der Waals surface area contributed by atoms with Gasteiger partial charge in [-0.25, -0.2) is 9.59 Å². The lowest BCUT2D eigenvalue weighted by atomic mass is 10.1. The number of nitrogens with one attached hydrogen (secondary N) is 2. The summed E-state index contributed by atoms with van der Waals surface area (Å²) >= 11 is 0. The van der Waals surface area contributed by atoms with Crippen LogP contribution in [0.5, 0.6) is 0 Å². The van der Waals surface area contributed by atoms with Crippen LogP contribution in [0, 0.1) is 0 Å². The molecule has 1 aromatic heterocycles. The summed E-state index contributed by atoms with van der Waals surface area (Å²) in [7, 11) is 0. The summed E-state index contributed by atoms with van der Waals surface area (Å²) in [6, 6.07) is 18.4. The van der Waals surface area contributed by atoms with Crippen molar-refractivity contribution >= 4 is 17.8 Å². The van der Waals surface area contributed by atoms with Crippen LogP contribution in [-0.2, 0) is 9.53 Å². The second-order valence-corrected chi connectivity index (χ2v) is 6.04. The first-order valence-corrected chi connectivity index (χ1v) is 9.40. The molecule has 10 nitrogen and oxygen atoms in total. The van der Waals surface area contributed by atoms with E-state index in [0.29, 0.717) is 17.9 Å². The summed E-state index contributed by atoms with van der Waals surface area (Å²) in [4.78, 5) is 58.1. The average Bonchev–Trinajstić information content (AvgIpc) is 2.74. The van der Waals surface area contributed by atoms with Gasteiger partial charge < -0.3 is 21.2 Å². The number of benzene rings is 2. The van der Waals surface area contributed by atoms with Gasteiger partial charge in [0.25, 0.3) is 5.56 Å². The molecule has 3 rings (SSSR count). The maximum Gasteiger partial charge on any atom is 0.326 e. The molecule has 0 fully saturated rings. The number of carbonyl (C=O) groups is 3. The molecule has 1 heterocycles. The molecule has 0 bridgehead atoms. The van der Waals surface area contributed by atoms with Gasteiger partial charge in [0.1, 0.15) is 6.42 Å². The van der Waals surface area contributed by atoms with Crippen LogP contribution in [-0.4, -0.2) is 34.4 Å². The number of esters is 1. The van der Waals surface area contributed by atoms with E-state index in [2.05, 4.69) is 26.2 Å². The number of urea groups is 1. The van der Waals surface area contributed by atoms with Crippen molar-refractivity contribution in [2.45, 2.75) is 13.3 Å². The lowest BCUT2D eigenvalue weighted by Gasteiger charge is -2.00. The van der Waals surface area contributed by atoms with Gasteiger partial charge in [0.15, 0.2) is 5.78 Å². The Morgan fingerprint density at radius 3 is 1.91 bits per heavy atom. The molecule has 3 aromatic rings. The van der Waals surface area contributed by atoms with E-state index in [4.69, 9.17) is 4.79 Å². The minimum atomic E-state index is -0.833. The molecule has 0 saturated heterocycles. The van der Waals surface area contributed by atoms with Crippen LogP contribution in [0.1, 0.15) is 23.7 Å². The molecular weight excluding hydrogens is 416 g/mol. The molecule has 10 heteroatoms. The van der Waals surface area contributed by atoms with Crippen molar-refractivity contribution in [2.24, 2.45) is 11.5 Å². The Labute approximate surface area is 183 Å². The predicted molar refractivity (Wildman–Crippen MR) is 119 cm³/mol. The number of ketones is 1. The van der Waals surface area contributed by atoms with Crippen LogP contribution in [0.15, 0.2) is 76.3 Å². The molecule has 0 aliphatic rings. The molecule has 0 saturated carbocycles. The number of aromatic nitrogens is 2. The normalized spacial score (nSPS) is 9.28. The van der Waals surface area contributed by atoms with Crippen LogP contribution in [0.3, 0.4) is 0 Å². The van der Waals surface area contributed by atoms with Crippen molar-refractivity contribution in [2.75, 3.05) is 6.61 Å². The van der Waals surface area contributed by atoms with Gasteiger partial charge in [-0.05, 0) is 12.5 Å². The van der Waals surface area contributed by atoms with E-state index >= 15 is 0 Å². The summed E-state index contributed by atoms with van der Waals surface area (Å²) in [5, 5.41) is 0. The summed E-state index contributed by atoms with van der Waals surface area (Å²) in [5.41, 5.74) is 9.50. The van der Waals surface area contributed by atoms with E-state index < -0.39 is 23.2 Å². The first-order valence-electron chi connectivity index (χ1n) is 9.40. The predicted octanol–water partition coefficient (Wildman–Crippen LogP) is 1.58. The minimum absolute atomic E-state index is 0.183. The Morgan fingerprint density at radius 2 is 1.41 bits per heavy atom. The maximum atomic E-state index is 11.4. The van der Waals surface area contributed by atoms with Crippen molar-refractivity contribution in [1.82, 2.24) is 9.97 Å². The monoisotopic (exact) mass is 440 g/mol. The van der Waals surface area contributed by atoms with E-state index in [9.17, 15) is 19.2 Å². The number of amides is 2. The number of ether oxygens (including phenoxy) is 1. The second kappa shape index (κ2) is 13.7. The van der Waals surface area contributed by atoms with E-state index in [1.54, 1.807) is 31.2 Å². The fraction of sp³-hybridized carbons (Fsp3) is 0.136. The Hall–Kier alpha value is -4.47. The fourth-order valence-electron chi connectivity index (χ4n) is 2.31. The lowest BCUT2D eigenvalue weighted by Crippen LogP contribution is -2.21. The number of carbonyl (C=O) groups excluding carboxylic acids is 3. The number of rotatable bonds is 5. The van der Waals surface area contributed by atoms with Gasteiger partial charge in [-0.3, -0.25) is 19.4 Å². The number of H-pyrrole nitrogens is 2. The van der Waals surface area contributed by atoms with Crippen molar-refractivity contribution < 1.29 is 19.1 Å². The molecule has 0 aliphatic heterocycles. The van der Waals surface area contributed by atoms with Crippen LogP contribution < -0.4 is 22.7 Å². The van der Waals surface area contributed by atoms with Crippen molar-refractivity contribution in [3.63, 3.8) is 0 Å². The summed E-state index contributed by atoms with van der Waals surface area (Å²) in [6.45, 7) is 2.02. The van der Waals surface area contributed by atoms with Crippen molar-refractivity contribution in [3.8, 4) is 11.3 Å². The number of hydrogen-bond donors (Lipinski definition) is 4. The molecule has 2 aromatic carbocycles. The SMILES string of the molecule is CCOC(=O)CC(=O)c1ccccc1.NC(N)=O.O=c1cc(-c2ccccc2)[nH]c(=O)[nH]1. The van der Waals surface area contributed by atoms with Crippen LogP contribution in [0.2, 0.25) is 0 Å². The second-order valence-electron chi connectivity index (χ2n) is 6.04. The number of aromatic amines is 2. The standard InChI is InChI=1S/C11H12O3.C10H8N2O2.CH4N2O/c1-2-14-11(13)8-10(12)9-6-4-3-5-7-9;13-9-6-8(11-10(14)12-9)7-4-2-1-3-5-7;2-1(3)4/h3-7H,2,8H2,1H3;1-6H,(H2,11,12,13,14);(H4,2,3,4). The van der Waals surface area contributed by atoms with E-state index in [1.807, 2.05) is 36.4 Å². The van der Waals surface area contributed by atoms with Gasteiger partial charge in [0.2, 0.25) is 0 Å². The molecule has 0 unspecified atom stereocenters. The highest BCUT2D eigenvalue weighted by Crippen LogP contribution is 2.11. The molecule has 6 N–H and O–H groups in total. The average molecular weight is 440 g/mol. The van der Waals surface area contributed by atoms with Crippen LogP contribution in [0.25, 0.3) is 11.3 Å². The van der Waals surface area contributed by atoms with Gasteiger partial charge in [-0.15, -0.1) is 0 Å². The number of nitrogens with two attached hydrogens (primary N) is 2. The molecular formula is C22H24N4O6. The van der Waals surface area contributed by atoms with Gasteiger partial charge in [-0.1, -0.05) is 60.7 Å². The largest absolute Gasteiger partial charge is 0.466 e. The van der Waals surface area contributed by atoms with Gasteiger partial charge >= 0.3 is 17.7 Å². The lowest BCUT2D eigenvalue weighted by molar-refractivity contribution is -0.141. The minimum Gasteiger partial charge on any atom is -0.466 e. The number of primary amides is 2. The first kappa shape index (κ1) is 25.6. The van der Waals surface area contributed by atoms with Gasteiger partial charge in [-0.2, -0.15) is 0 Å². The number of hydrogen-bond acceptors (Lipinski definition) is 6. The highest BCUT2D eigenvalue weighted by atomic mass is 16.5. The Balaban J connectivity index is 0.000000275. The van der Waals surface area contributed by atoms with Crippen molar-refractivity contribution in [3.05, 3.63) is 93.1 Å². The van der Waals surface area contributed by atoms with Crippen molar-refractivity contribution in [1.29, 1.82) is 0 Å².